The molecular formula is C13H25NO2. The van der Waals surface area contributed by atoms with Gasteiger partial charge in [0.15, 0.2) is 0 Å². The summed E-state index contributed by atoms with van der Waals surface area (Å²) in [6.07, 6.45) is 6.13. The van der Waals surface area contributed by atoms with E-state index in [1.165, 1.54) is 6.42 Å². The number of hydrogen-bond donors (Lipinski definition) is 1. The standard InChI is InChI=1S/C13H25NO2/c1-12(2,3)16-11(15)13(9-10-14)7-5-4-6-8-13/h4-10,14H2,1-3H3. The van der Waals surface area contributed by atoms with Crippen LogP contribution in [-0.4, -0.2) is 18.1 Å². The fourth-order valence-corrected chi connectivity index (χ4v) is 2.45. The van der Waals surface area contributed by atoms with Crippen molar-refractivity contribution in [2.75, 3.05) is 6.54 Å². The van der Waals surface area contributed by atoms with Crippen molar-refractivity contribution in [1.82, 2.24) is 0 Å². The fourth-order valence-electron chi connectivity index (χ4n) is 2.45. The van der Waals surface area contributed by atoms with E-state index >= 15 is 0 Å². The number of carbonyl (C=O) groups excluding carboxylic acids is 1. The summed E-state index contributed by atoms with van der Waals surface area (Å²) in [5, 5.41) is 0. The molecule has 0 atom stereocenters. The highest BCUT2D eigenvalue weighted by Gasteiger charge is 2.41. The lowest BCUT2D eigenvalue weighted by molar-refractivity contribution is -0.170. The molecule has 0 bridgehead atoms. The van der Waals surface area contributed by atoms with Crippen LogP contribution in [0, 0.1) is 5.41 Å². The van der Waals surface area contributed by atoms with E-state index in [0.29, 0.717) is 6.54 Å². The minimum Gasteiger partial charge on any atom is -0.460 e. The van der Waals surface area contributed by atoms with E-state index in [1.54, 1.807) is 0 Å². The van der Waals surface area contributed by atoms with Gasteiger partial charge in [-0.1, -0.05) is 19.3 Å². The lowest BCUT2D eigenvalue weighted by Crippen LogP contribution is -2.40. The molecule has 3 nitrogen and oxygen atoms in total. The molecule has 0 heterocycles. The molecule has 1 fully saturated rings. The first-order chi connectivity index (χ1) is 7.40. The molecule has 0 radical (unpaired) electrons. The summed E-state index contributed by atoms with van der Waals surface area (Å²) in [4.78, 5) is 12.2. The monoisotopic (exact) mass is 227 g/mol. The van der Waals surface area contributed by atoms with Crippen LogP contribution in [0.2, 0.25) is 0 Å². The zero-order chi connectivity index (χ0) is 12.2. The molecule has 0 aliphatic heterocycles. The Bertz CT molecular complexity index is 231. The molecule has 0 spiro atoms. The lowest BCUT2D eigenvalue weighted by Gasteiger charge is -2.37. The van der Waals surface area contributed by atoms with Crippen molar-refractivity contribution in [1.29, 1.82) is 0 Å². The molecule has 0 aromatic rings. The van der Waals surface area contributed by atoms with Crippen molar-refractivity contribution < 1.29 is 9.53 Å². The van der Waals surface area contributed by atoms with Gasteiger partial charge in [0.05, 0.1) is 5.41 Å². The summed E-state index contributed by atoms with van der Waals surface area (Å²) in [5.41, 5.74) is 4.95. The number of ether oxygens (including phenoxy) is 1. The lowest BCUT2D eigenvalue weighted by atomic mass is 9.72. The van der Waals surface area contributed by atoms with Gasteiger partial charge in [-0.05, 0) is 46.6 Å². The van der Waals surface area contributed by atoms with Crippen LogP contribution in [0.5, 0.6) is 0 Å². The summed E-state index contributed by atoms with van der Waals surface area (Å²) in [6.45, 7) is 6.33. The summed E-state index contributed by atoms with van der Waals surface area (Å²) in [6, 6.07) is 0. The molecule has 2 N–H and O–H groups in total. The van der Waals surface area contributed by atoms with Crippen LogP contribution >= 0.6 is 0 Å². The third-order valence-electron chi connectivity index (χ3n) is 3.27. The van der Waals surface area contributed by atoms with Gasteiger partial charge in [-0.15, -0.1) is 0 Å². The predicted octanol–water partition coefficient (Wildman–Crippen LogP) is 2.63. The van der Waals surface area contributed by atoms with Gasteiger partial charge in [0.2, 0.25) is 0 Å². The van der Waals surface area contributed by atoms with E-state index in [9.17, 15) is 4.79 Å². The molecule has 1 aliphatic carbocycles. The first-order valence-corrected chi connectivity index (χ1v) is 6.33. The molecule has 0 amide bonds. The average molecular weight is 227 g/mol. The Hall–Kier alpha value is -0.570. The summed E-state index contributed by atoms with van der Waals surface area (Å²) < 4.78 is 5.54. The van der Waals surface area contributed by atoms with E-state index < -0.39 is 5.60 Å². The van der Waals surface area contributed by atoms with Gasteiger partial charge in [-0.3, -0.25) is 4.79 Å². The second-order valence-electron chi connectivity index (χ2n) is 5.88. The molecule has 0 aromatic heterocycles. The molecule has 16 heavy (non-hydrogen) atoms. The highest BCUT2D eigenvalue weighted by Crippen LogP contribution is 2.40. The molecule has 3 heteroatoms. The summed E-state index contributed by atoms with van der Waals surface area (Å²) in [7, 11) is 0. The molecule has 94 valence electrons. The zero-order valence-electron chi connectivity index (χ0n) is 10.8. The van der Waals surface area contributed by atoms with Crippen LogP contribution in [0.15, 0.2) is 0 Å². The topological polar surface area (TPSA) is 52.3 Å². The van der Waals surface area contributed by atoms with Crippen molar-refractivity contribution >= 4 is 5.97 Å². The summed E-state index contributed by atoms with van der Waals surface area (Å²) in [5.74, 6) is -0.0369. The molecule has 0 unspecified atom stereocenters. The minimum absolute atomic E-state index is 0.0369. The number of hydrogen-bond acceptors (Lipinski definition) is 3. The second kappa shape index (κ2) is 5.17. The van der Waals surface area contributed by atoms with Crippen molar-refractivity contribution in [3.63, 3.8) is 0 Å². The fraction of sp³-hybridized carbons (Fsp3) is 0.923. The third kappa shape index (κ3) is 3.48. The Morgan fingerprint density at radius 3 is 2.25 bits per heavy atom. The van der Waals surface area contributed by atoms with Crippen molar-refractivity contribution in [3.05, 3.63) is 0 Å². The number of carbonyl (C=O) groups is 1. The predicted molar refractivity (Wildman–Crippen MR) is 65.0 cm³/mol. The maximum Gasteiger partial charge on any atom is 0.312 e. The smallest absolute Gasteiger partial charge is 0.312 e. The molecular weight excluding hydrogens is 202 g/mol. The largest absolute Gasteiger partial charge is 0.460 e. The van der Waals surface area contributed by atoms with Crippen LogP contribution in [0.1, 0.15) is 59.3 Å². The molecule has 1 saturated carbocycles. The van der Waals surface area contributed by atoms with E-state index in [0.717, 1.165) is 32.1 Å². The van der Waals surface area contributed by atoms with Gasteiger partial charge in [-0.25, -0.2) is 0 Å². The quantitative estimate of drug-likeness (QED) is 0.754. The number of rotatable bonds is 3. The molecule has 0 aromatic carbocycles. The van der Waals surface area contributed by atoms with Gasteiger partial charge in [0.1, 0.15) is 5.60 Å². The molecule has 1 rings (SSSR count). The van der Waals surface area contributed by atoms with Gasteiger partial charge < -0.3 is 10.5 Å². The first-order valence-electron chi connectivity index (χ1n) is 6.33. The Balaban J connectivity index is 2.72. The van der Waals surface area contributed by atoms with Crippen LogP contribution in [0.25, 0.3) is 0 Å². The maximum atomic E-state index is 12.2. The van der Waals surface area contributed by atoms with Crippen molar-refractivity contribution in [3.8, 4) is 0 Å². The van der Waals surface area contributed by atoms with E-state index in [2.05, 4.69) is 0 Å². The molecule has 1 aliphatic rings. The minimum atomic E-state index is -0.393. The van der Waals surface area contributed by atoms with Crippen LogP contribution in [0.3, 0.4) is 0 Å². The van der Waals surface area contributed by atoms with Gasteiger partial charge >= 0.3 is 5.97 Å². The van der Waals surface area contributed by atoms with E-state index in [4.69, 9.17) is 10.5 Å². The first kappa shape index (κ1) is 13.5. The maximum absolute atomic E-state index is 12.2. The third-order valence-corrected chi connectivity index (χ3v) is 3.27. The van der Waals surface area contributed by atoms with E-state index in [-0.39, 0.29) is 11.4 Å². The zero-order valence-corrected chi connectivity index (χ0v) is 10.8. The second-order valence-corrected chi connectivity index (χ2v) is 5.88. The average Bonchev–Trinajstić information content (AvgIpc) is 2.17. The van der Waals surface area contributed by atoms with Gasteiger partial charge in [-0.2, -0.15) is 0 Å². The summed E-state index contributed by atoms with van der Waals surface area (Å²) >= 11 is 0. The number of nitrogens with two attached hydrogens (primary N) is 1. The highest BCUT2D eigenvalue weighted by molar-refractivity contribution is 5.77. The normalized spacial score (nSPS) is 20.5. The van der Waals surface area contributed by atoms with Crippen molar-refractivity contribution in [2.24, 2.45) is 11.1 Å². The van der Waals surface area contributed by atoms with E-state index in [1.807, 2.05) is 20.8 Å². The SMILES string of the molecule is CC(C)(C)OC(=O)C1(CCN)CCCCC1. The highest BCUT2D eigenvalue weighted by atomic mass is 16.6. The molecule has 0 saturated heterocycles. The van der Waals surface area contributed by atoms with Gasteiger partial charge in [0, 0.05) is 0 Å². The van der Waals surface area contributed by atoms with Crippen molar-refractivity contribution in [2.45, 2.75) is 64.9 Å². The van der Waals surface area contributed by atoms with Crippen LogP contribution in [0.4, 0.5) is 0 Å². The van der Waals surface area contributed by atoms with Gasteiger partial charge in [0.25, 0.3) is 0 Å². The Labute approximate surface area is 98.7 Å². The Kier molecular flexibility index (Phi) is 4.36. The van der Waals surface area contributed by atoms with Crippen LogP contribution in [-0.2, 0) is 9.53 Å². The Morgan fingerprint density at radius 1 is 1.25 bits per heavy atom. The Morgan fingerprint density at radius 2 is 1.81 bits per heavy atom. The number of esters is 1. The van der Waals surface area contributed by atoms with Crippen LogP contribution < -0.4 is 5.73 Å².